The summed E-state index contributed by atoms with van der Waals surface area (Å²) >= 11 is 0. The molecule has 2 heterocycles. The van der Waals surface area contributed by atoms with Crippen LogP contribution in [0.3, 0.4) is 0 Å². The molecule has 1 aromatic heterocycles. The van der Waals surface area contributed by atoms with E-state index in [0.29, 0.717) is 6.61 Å². The minimum Gasteiger partial charge on any atom is -0.353 e. The molecule has 2 rings (SSSR count). The molecule has 1 unspecified atom stereocenters. The lowest BCUT2D eigenvalue weighted by Gasteiger charge is -2.22. The molecule has 3 nitrogen and oxygen atoms in total. The second-order valence-corrected chi connectivity index (χ2v) is 3.47. The average Bonchev–Trinajstić information content (AvgIpc) is 2.29. The summed E-state index contributed by atoms with van der Waals surface area (Å²) in [7, 11) is 0. The van der Waals surface area contributed by atoms with E-state index in [1.807, 2.05) is 18.3 Å². The molecule has 3 heteroatoms. The zero-order valence-corrected chi connectivity index (χ0v) is 8.19. The molecule has 1 saturated heterocycles. The number of nitrogens with zero attached hydrogens (tertiary/aromatic N) is 1. The van der Waals surface area contributed by atoms with Crippen LogP contribution >= 0.6 is 0 Å². The van der Waals surface area contributed by atoms with E-state index in [0.717, 1.165) is 25.0 Å². The summed E-state index contributed by atoms with van der Waals surface area (Å²) in [6.07, 6.45) is 6.96. The van der Waals surface area contributed by atoms with Crippen molar-refractivity contribution in [3.8, 4) is 0 Å². The van der Waals surface area contributed by atoms with Crippen LogP contribution in [0.15, 0.2) is 24.5 Å². The van der Waals surface area contributed by atoms with Gasteiger partial charge in [0.2, 0.25) is 0 Å². The average molecular weight is 193 g/mol. The summed E-state index contributed by atoms with van der Waals surface area (Å²) in [5.41, 5.74) is 1.10. The molecule has 1 aliphatic rings. The number of pyridine rings is 1. The van der Waals surface area contributed by atoms with Crippen molar-refractivity contribution in [3.05, 3.63) is 30.1 Å². The van der Waals surface area contributed by atoms with Gasteiger partial charge in [-0.2, -0.15) is 0 Å². The minimum atomic E-state index is -0.0102. The first kappa shape index (κ1) is 9.62. The summed E-state index contributed by atoms with van der Waals surface area (Å²) < 4.78 is 11.1. The maximum Gasteiger partial charge on any atom is 0.158 e. The van der Waals surface area contributed by atoms with Crippen molar-refractivity contribution in [1.29, 1.82) is 0 Å². The van der Waals surface area contributed by atoms with Crippen molar-refractivity contribution < 1.29 is 9.47 Å². The summed E-state index contributed by atoms with van der Waals surface area (Å²) in [5, 5.41) is 0. The van der Waals surface area contributed by atoms with Crippen molar-refractivity contribution in [2.24, 2.45) is 0 Å². The van der Waals surface area contributed by atoms with E-state index >= 15 is 0 Å². The summed E-state index contributed by atoms with van der Waals surface area (Å²) in [6.45, 7) is 1.43. The van der Waals surface area contributed by atoms with Gasteiger partial charge in [0.15, 0.2) is 6.29 Å². The molecule has 0 aliphatic carbocycles. The van der Waals surface area contributed by atoms with Crippen LogP contribution in [-0.4, -0.2) is 17.9 Å². The standard InChI is InChI=1S/C11H15NO2/c1-2-7-13-11(5-1)14-9-10-4-3-6-12-8-10/h3-4,6,8,11H,1-2,5,7,9H2. The summed E-state index contributed by atoms with van der Waals surface area (Å²) in [4.78, 5) is 4.03. The highest BCUT2D eigenvalue weighted by atomic mass is 16.7. The van der Waals surface area contributed by atoms with Gasteiger partial charge in [-0.1, -0.05) is 6.07 Å². The van der Waals surface area contributed by atoms with Gasteiger partial charge < -0.3 is 9.47 Å². The largest absolute Gasteiger partial charge is 0.353 e. The maximum atomic E-state index is 5.61. The molecule has 0 bridgehead atoms. The highest BCUT2D eigenvalue weighted by Gasteiger charge is 2.13. The van der Waals surface area contributed by atoms with E-state index in [1.165, 1.54) is 6.42 Å². The van der Waals surface area contributed by atoms with Crippen molar-refractivity contribution in [3.63, 3.8) is 0 Å². The molecule has 0 saturated carbocycles. The summed E-state index contributed by atoms with van der Waals surface area (Å²) in [5.74, 6) is 0. The molecule has 1 aliphatic heterocycles. The van der Waals surface area contributed by atoms with E-state index in [9.17, 15) is 0 Å². The van der Waals surface area contributed by atoms with Gasteiger partial charge in [-0.15, -0.1) is 0 Å². The van der Waals surface area contributed by atoms with Crippen molar-refractivity contribution in [1.82, 2.24) is 4.98 Å². The minimum absolute atomic E-state index is 0.0102. The Morgan fingerprint density at radius 3 is 3.21 bits per heavy atom. The van der Waals surface area contributed by atoms with Gasteiger partial charge in [0.05, 0.1) is 6.61 Å². The second kappa shape index (κ2) is 5.08. The number of ether oxygens (including phenoxy) is 2. The molecular weight excluding hydrogens is 178 g/mol. The van der Waals surface area contributed by atoms with Crippen LogP contribution in [-0.2, 0) is 16.1 Å². The van der Waals surface area contributed by atoms with Gasteiger partial charge in [0.1, 0.15) is 0 Å². The van der Waals surface area contributed by atoms with Crippen LogP contribution in [0, 0.1) is 0 Å². The molecule has 0 aromatic carbocycles. The second-order valence-electron chi connectivity index (χ2n) is 3.47. The SMILES string of the molecule is c1cncc(COC2CCCCO2)c1. The first-order chi connectivity index (χ1) is 6.95. The number of hydrogen-bond donors (Lipinski definition) is 0. The molecule has 1 fully saturated rings. The van der Waals surface area contributed by atoms with Gasteiger partial charge in [-0.25, -0.2) is 0 Å². The molecule has 1 aromatic rings. The molecular formula is C11H15NO2. The normalized spacial score (nSPS) is 22.1. The number of rotatable bonds is 3. The van der Waals surface area contributed by atoms with E-state index in [2.05, 4.69) is 4.98 Å². The van der Waals surface area contributed by atoms with Crippen LogP contribution in [0.1, 0.15) is 24.8 Å². The Kier molecular flexibility index (Phi) is 3.49. The predicted octanol–water partition coefficient (Wildman–Crippen LogP) is 2.12. The molecule has 0 spiro atoms. The molecule has 14 heavy (non-hydrogen) atoms. The van der Waals surface area contributed by atoms with Crippen LogP contribution in [0.2, 0.25) is 0 Å². The maximum absolute atomic E-state index is 5.61. The lowest BCUT2D eigenvalue weighted by molar-refractivity contribution is -0.168. The van der Waals surface area contributed by atoms with Gasteiger partial charge in [0, 0.05) is 19.0 Å². The highest BCUT2D eigenvalue weighted by molar-refractivity contribution is 5.06. The summed E-state index contributed by atoms with van der Waals surface area (Å²) in [6, 6.07) is 3.93. The van der Waals surface area contributed by atoms with Gasteiger partial charge in [0.25, 0.3) is 0 Å². The van der Waals surface area contributed by atoms with Crippen LogP contribution in [0.25, 0.3) is 0 Å². The van der Waals surface area contributed by atoms with Gasteiger partial charge >= 0.3 is 0 Å². The fourth-order valence-corrected chi connectivity index (χ4v) is 1.52. The number of aromatic nitrogens is 1. The Morgan fingerprint density at radius 1 is 1.50 bits per heavy atom. The Labute approximate surface area is 84.1 Å². The molecule has 1 atom stereocenters. The van der Waals surface area contributed by atoms with E-state index in [1.54, 1.807) is 6.20 Å². The Morgan fingerprint density at radius 2 is 2.50 bits per heavy atom. The van der Waals surface area contributed by atoms with Crippen molar-refractivity contribution >= 4 is 0 Å². The Balaban J connectivity index is 1.76. The first-order valence-corrected chi connectivity index (χ1v) is 5.07. The monoisotopic (exact) mass is 193 g/mol. The third-order valence-corrected chi connectivity index (χ3v) is 2.30. The van der Waals surface area contributed by atoms with E-state index in [4.69, 9.17) is 9.47 Å². The zero-order chi connectivity index (χ0) is 9.64. The van der Waals surface area contributed by atoms with Crippen molar-refractivity contribution in [2.75, 3.05) is 6.61 Å². The molecule has 0 amide bonds. The Bertz CT molecular complexity index is 257. The van der Waals surface area contributed by atoms with Crippen molar-refractivity contribution in [2.45, 2.75) is 32.2 Å². The molecule has 0 N–H and O–H groups in total. The van der Waals surface area contributed by atoms with E-state index < -0.39 is 0 Å². The lowest BCUT2D eigenvalue weighted by Crippen LogP contribution is -2.21. The van der Waals surface area contributed by atoms with E-state index in [-0.39, 0.29) is 6.29 Å². The fraction of sp³-hybridized carbons (Fsp3) is 0.545. The molecule has 76 valence electrons. The first-order valence-electron chi connectivity index (χ1n) is 5.07. The highest BCUT2D eigenvalue weighted by Crippen LogP contribution is 2.15. The number of hydrogen-bond acceptors (Lipinski definition) is 3. The molecule has 0 radical (unpaired) electrons. The smallest absolute Gasteiger partial charge is 0.158 e. The fourth-order valence-electron chi connectivity index (χ4n) is 1.52. The van der Waals surface area contributed by atoms with Crippen LogP contribution in [0.4, 0.5) is 0 Å². The van der Waals surface area contributed by atoms with Crippen LogP contribution < -0.4 is 0 Å². The van der Waals surface area contributed by atoms with Gasteiger partial charge in [-0.05, 0) is 30.9 Å². The predicted molar refractivity (Wildman–Crippen MR) is 52.6 cm³/mol. The topological polar surface area (TPSA) is 31.4 Å². The van der Waals surface area contributed by atoms with Crippen LogP contribution in [0.5, 0.6) is 0 Å². The quantitative estimate of drug-likeness (QED) is 0.736. The lowest BCUT2D eigenvalue weighted by atomic mass is 10.2. The zero-order valence-electron chi connectivity index (χ0n) is 8.19. The third kappa shape index (κ3) is 2.79. The van der Waals surface area contributed by atoms with Gasteiger partial charge in [-0.3, -0.25) is 4.98 Å². The Hall–Kier alpha value is -0.930. The third-order valence-electron chi connectivity index (χ3n) is 2.30.